The van der Waals surface area contributed by atoms with Crippen LogP contribution in [0, 0.1) is 0 Å². The monoisotopic (exact) mass is 548 g/mol. The molecule has 38 heavy (non-hydrogen) atoms. The van der Waals surface area contributed by atoms with E-state index in [0.29, 0.717) is 40.2 Å². The van der Waals surface area contributed by atoms with Crippen LogP contribution >= 0.6 is 11.6 Å². The molecule has 1 fully saturated rings. The van der Waals surface area contributed by atoms with Crippen molar-refractivity contribution in [3.05, 3.63) is 72.0 Å². The summed E-state index contributed by atoms with van der Waals surface area (Å²) in [4.78, 5) is 20.3. The molecule has 196 valence electrons. The van der Waals surface area contributed by atoms with Gasteiger partial charge in [-0.05, 0) is 47.7 Å². The molecule has 5 rings (SSSR count). The number of amides is 1. The third kappa shape index (κ3) is 5.04. The van der Waals surface area contributed by atoms with Gasteiger partial charge in [-0.15, -0.1) is 0 Å². The molecule has 2 aromatic carbocycles. The highest BCUT2D eigenvalue weighted by molar-refractivity contribution is 7.93. The van der Waals surface area contributed by atoms with Gasteiger partial charge in [-0.2, -0.15) is 4.36 Å². The van der Waals surface area contributed by atoms with Gasteiger partial charge in [0.05, 0.1) is 31.5 Å². The van der Waals surface area contributed by atoms with E-state index in [0.717, 1.165) is 52.6 Å². The van der Waals surface area contributed by atoms with Crippen LogP contribution in [0.1, 0.15) is 24.8 Å². The van der Waals surface area contributed by atoms with E-state index in [1.54, 1.807) is 0 Å². The zero-order valence-corrected chi connectivity index (χ0v) is 22.7. The van der Waals surface area contributed by atoms with Crippen molar-refractivity contribution in [1.82, 2.24) is 19.9 Å². The minimum absolute atomic E-state index is 0.223. The van der Waals surface area contributed by atoms with Gasteiger partial charge in [-0.25, -0.2) is 14.2 Å². The average Bonchev–Trinajstić information content (AvgIpc) is 3.22. The number of hydrogen-bond donors (Lipinski definition) is 2. The Bertz CT molecular complexity index is 1660. The van der Waals surface area contributed by atoms with Crippen molar-refractivity contribution in [2.45, 2.75) is 25.8 Å². The molecule has 0 saturated carbocycles. The Hall–Kier alpha value is -3.69. The molecule has 1 aliphatic rings. The van der Waals surface area contributed by atoms with Crippen molar-refractivity contribution in [1.29, 1.82) is 0 Å². The van der Waals surface area contributed by atoms with Crippen molar-refractivity contribution >= 4 is 49.8 Å². The Morgan fingerprint density at radius 2 is 1.87 bits per heavy atom. The molecule has 0 unspecified atom stereocenters. The van der Waals surface area contributed by atoms with E-state index >= 15 is 0 Å². The summed E-state index contributed by atoms with van der Waals surface area (Å²) in [6.45, 7) is 3.88. The van der Waals surface area contributed by atoms with Crippen LogP contribution in [0.3, 0.4) is 0 Å². The topological polar surface area (TPSA) is 115 Å². The maximum Gasteiger partial charge on any atom is 0.243 e. The number of hydrogen-bond acceptors (Lipinski definition) is 6. The summed E-state index contributed by atoms with van der Waals surface area (Å²) in [5.41, 5.74) is 12.1. The number of nitrogens with two attached hydrogens (primary N) is 1. The van der Waals surface area contributed by atoms with Crippen molar-refractivity contribution in [2.75, 3.05) is 17.2 Å². The quantitative estimate of drug-likeness (QED) is 0.303. The van der Waals surface area contributed by atoms with Crippen LogP contribution in [-0.2, 0) is 28.1 Å². The average molecular weight is 549 g/mol. The van der Waals surface area contributed by atoms with Gasteiger partial charge in [0, 0.05) is 30.7 Å². The number of nitrogen functional groups attached to an aromatic ring is 1. The highest BCUT2D eigenvalue weighted by Crippen LogP contribution is 2.43. The molecule has 0 radical (unpaired) electrons. The van der Waals surface area contributed by atoms with Gasteiger partial charge in [0.1, 0.15) is 17.8 Å². The van der Waals surface area contributed by atoms with Crippen LogP contribution in [0.2, 0.25) is 5.02 Å². The highest BCUT2D eigenvalue weighted by atomic mass is 35.5. The number of carbonyl (C=O) groups excluding carboxylic acids is 1. The zero-order valence-electron chi connectivity index (χ0n) is 21.1. The largest absolute Gasteiger partial charge is 0.383 e. The van der Waals surface area contributed by atoms with Crippen molar-refractivity contribution in [3.63, 3.8) is 0 Å². The van der Waals surface area contributed by atoms with Crippen LogP contribution in [0.4, 0.5) is 11.5 Å². The van der Waals surface area contributed by atoms with E-state index in [1.807, 2.05) is 54.1 Å². The summed E-state index contributed by atoms with van der Waals surface area (Å²) in [5, 5.41) is 3.95. The van der Waals surface area contributed by atoms with Crippen LogP contribution < -0.4 is 11.1 Å². The molecule has 0 aliphatic carbocycles. The van der Waals surface area contributed by atoms with E-state index in [9.17, 15) is 9.00 Å². The van der Waals surface area contributed by atoms with Crippen molar-refractivity contribution in [2.24, 2.45) is 11.4 Å². The fourth-order valence-corrected chi connectivity index (χ4v) is 7.37. The summed E-state index contributed by atoms with van der Waals surface area (Å²) in [5.74, 6) is 1.36. The smallest absolute Gasteiger partial charge is 0.243 e. The molecule has 10 heteroatoms. The van der Waals surface area contributed by atoms with Crippen LogP contribution in [0.25, 0.3) is 33.4 Å². The van der Waals surface area contributed by atoms with Crippen LogP contribution in [0.5, 0.6) is 0 Å². The lowest BCUT2D eigenvalue weighted by atomic mass is 9.98. The van der Waals surface area contributed by atoms with Gasteiger partial charge in [0.2, 0.25) is 5.91 Å². The van der Waals surface area contributed by atoms with Gasteiger partial charge < -0.3 is 15.6 Å². The molecule has 1 saturated heterocycles. The van der Waals surface area contributed by atoms with E-state index < -0.39 is 9.73 Å². The Labute approximate surface area is 227 Å². The summed E-state index contributed by atoms with van der Waals surface area (Å²) >= 11 is 6.72. The third-order valence-electron chi connectivity index (χ3n) is 6.80. The summed E-state index contributed by atoms with van der Waals surface area (Å²) in [6.07, 6.45) is 5.65. The number of aromatic nitrogens is 3. The summed E-state index contributed by atoms with van der Waals surface area (Å²) in [7, 11) is -0.348. The molecule has 8 nitrogen and oxygen atoms in total. The minimum Gasteiger partial charge on any atom is -0.383 e. The van der Waals surface area contributed by atoms with Gasteiger partial charge in [0.25, 0.3) is 0 Å². The molecule has 1 amide bonds. The zero-order chi connectivity index (χ0) is 26.9. The first-order valence-electron chi connectivity index (χ1n) is 12.4. The molecular formula is C28H29ClN6O2S. The summed E-state index contributed by atoms with van der Waals surface area (Å²) in [6, 6.07) is 13.5. The van der Waals surface area contributed by atoms with E-state index in [4.69, 9.17) is 17.3 Å². The number of nitrogens with zero attached hydrogens (tertiary/aromatic N) is 4. The predicted molar refractivity (Wildman–Crippen MR) is 155 cm³/mol. The molecular weight excluding hydrogens is 520 g/mol. The highest BCUT2D eigenvalue weighted by Gasteiger charge is 2.23. The molecule has 0 spiro atoms. The second-order valence-corrected chi connectivity index (χ2v) is 12.3. The Balaban J connectivity index is 1.62. The molecule has 1 aliphatic heterocycles. The first-order chi connectivity index (χ1) is 18.3. The third-order valence-corrected chi connectivity index (χ3v) is 9.49. The van der Waals surface area contributed by atoms with Gasteiger partial charge >= 0.3 is 0 Å². The SMILES string of the molecule is C=CC(=O)NCc1ccc(-c2c(-c3ccc(N=S4(=O)CCCCC4)c(Cl)c3)c3c(N)ncnc3n2C)cc1. The fourth-order valence-electron chi connectivity index (χ4n) is 4.88. The Kier molecular flexibility index (Phi) is 7.23. The first kappa shape index (κ1) is 25.9. The number of anilines is 1. The Morgan fingerprint density at radius 3 is 2.55 bits per heavy atom. The molecule has 3 N–H and O–H groups in total. The van der Waals surface area contributed by atoms with Gasteiger partial charge in [-0.1, -0.05) is 54.9 Å². The second-order valence-electron chi connectivity index (χ2n) is 9.36. The number of halogens is 1. The number of rotatable bonds is 6. The first-order valence-corrected chi connectivity index (χ1v) is 14.6. The van der Waals surface area contributed by atoms with E-state index in [2.05, 4.69) is 26.2 Å². The fraction of sp³-hybridized carbons (Fsp3) is 0.250. The van der Waals surface area contributed by atoms with E-state index in [-0.39, 0.29) is 5.91 Å². The summed E-state index contributed by atoms with van der Waals surface area (Å²) < 4.78 is 19.8. The lowest BCUT2D eigenvalue weighted by Gasteiger charge is -2.16. The van der Waals surface area contributed by atoms with Crippen molar-refractivity contribution in [3.8, 4) is 22.4 Å². The van der Waals surface area contributed by atoms with Crippen molar-refractivity contribution < 1.29 is 9.00 Å². The molecule has 0 bridgehead atoms. The van der Waals surface area contributed by atoms with Crippen LogP contribution in [0.15, 0.2) is 65.8 Å². The number of fused-ring (bicyclic) bond motifs is 1. The normalized spacial score (nSPS) is 14.8. The number of benzene rings is 2. The minimum atomic E-state index is -2.28. The maximum absolute atomic E-state index is 13.2. The number of nitrogens with one attached hydrogen (secondary N) is 1. The van der Waals surface area contributed by atoms with Gasteiger partial charge in [0.15, 0.2) is 0 Å². The standard InChI is InChI=1S/C28H29ClN6O2S/c1-3-23(36)31-16-18-7-9-19(10-8-18)26-24(25-27(30)32-17-33-28(25)35(26)2)20-11-12-22(21(29)15-20)34-38(37)13-5-4-6-14-38/h3,7-12,15,17H,1,4-6,13-14,16H2,2H3,(H,31,36)(H2,30,32,33). The number of carbonyl (C=O) groups is 1. The second kappa shape index (κ2) is 10.6. The van der Waals surface area contributed by atoms with E-state index in [1.165, 1.54) is 12.4 Å². The molecule has 4 aromatic rings. The Morgan fingerprint density at radius 1 is 1.16 bits per heavy atom. The lowest BCUT2D eigenvalue weighted by molar-refractivity contribution is -0.116. The maximum atomic E-state index is 13.2. The lowest BCUT2D eigenvalue weighted by Crippen LogP contribution is -2.19. The van der Waals surface area contributed by atoms with Gasteiger partial charge in [-0.3, -0.25) is 4.79 Å². The molecule has 2 aromatic heterocycles. The predicted octanol–water partition coefficient (Wildman–Crippen LogP) is 5.62. The van der Waals surface area contributed by atoms with Crippen LogP contribution in [-0.4, -0.2) is 36.2 Å². The molecule has 3 heterocycles. The number of aryl methyl sites for hydroxylation is 1. The molecule has 0 atom stereocenters.